The van der Waals surface area contributed by atoms with Crippen LogP contribution in [0.25, 0.3) is 10.6 Å². The number of aryl methyl sites for hydroxylation is 4. The van der Waals surface area contributed by atoms with Gasteiger partial charge in [0, 0.05) is 22.9 Å². The van der Waals surface area contributed by atoms with Gasteiger partial charge in [0.2, 0.25) is 11.8 Å². The molecule has 0 radical (unpaired) electrons. The lowest BCUT2D eigenvalue weighted by Gasteiger charge is -2.34. The van der Waals surface area contributed by atoms with Gasteiger partial charge >= 0.3 is 6.09 Å². The SMILES string of the molecule is Cc1cc(-c2cn(C3C[C@@H](C(=O)N(Cc4nc(C)c(C)o4)C(C)c4ccc(Cl)cc4)N(C(=O)OC(C)(C)C)C3)nn2)sc1C. The number of carbonyl (C=O) groups is 2. The Morgan fingerprint density at radius 1 is 1.18 bits per heavy atom. The summed E-state index contributed by atoms with van der Waals surface area (Å²) in [6.45, 7) is 15.6. The van der Waals surface area contributed by atoms with Crippen molar-refractivity contribution in [2.45, 2.75) is 92.1 Å². The van der Waals surface area contributed by atoms with Gasteiger partial charge in [0.25, 0.3) is 0 Å². The van der Waals surface area contributed by atoms with E-state index in [4.69, 9.17) is 20.8 Å². The Hall–Kier alpha value is -3.70. The van der Waals surface area contributed by atoms with Crippen LogP contribution in [0.2, 0.25) is 5.02 Å². The Morgan fingerprint density at radius 3 is 2.48 bits per heavy atom. The third kappa shape index (κ3) is 6.83. The summed E-state index contributed by atoms with van der Waals surface area (Å²) in [5.74, 6) is 0.884. The zero-order chi connectivity index (χ0) is 31.9. The monoisotopic (exact) mass is 638 g/mol. The van der Waals surface area contributed by atoms with Gasteiger partial charge in [-0.15, -0.1) is 16.4 Å². The lowest BCUT2D eigenvalue weighted by molar-refractivity contribution is -0.139. The summed E-state index contributed by atoms with van der Waals surface area (Å²) >= 11 is 7.83. The first-order valence-corrected chi connectivity index (χ1v) is 15.9. The topological polar surface area (TPSA) is 107 Å². The first-order chi connectivity index (χ1) is 20.7. The molecule has 234 valence electrons. The summed E-state index contributed by atoms with van der Waals surface area (Å²) in [5.41, 5.74) is 2.89. The van der Waals surface area contributed by atoms with Crippen molar-refractivity contribution in [2.24, 2.45) is 0 Å². The smallest absolute Gasteiger partial charge is 0.411 e. The van der Waals surface area contributed by atoms with Gasteiger partial charge in [-0.25, -0.2) is 14.5 Å². The van der Waals surface area contributed by atoms with Crippen molar-refractivity contribution in [3.63, 3.8) is 0 Å². The molecule has 1 aromatic carbocycles. The number of oxazole rings is 1. The average Bonchev–Trinajstić information content (AvgIpc) is 3.73. The Bertz CT molecular complexity index is 1610. The number of ether oxygens (including phenoxy) is 1. The average molecular weight is 639 g/mol. The van der Waals surface area contributed by atoms with Crippen molar-refractivity contribution < 1.29 is 18.7 Å². The third-order valence-electron chi connectivity index (χ3n) is 7.98. The normalized spacial score (nSPS) is 17.6. The number of hydrogen-bond donors (Lipinski definition) is 0. The van der Waals surface area contributed by atoms with Crippen LogP contribution in [0.15, 0.2) is 40.9 Å². The molecular formula is C32H39ClN6O4S. The molecule has 4 heterocycles. The molecule has 44 heavy (non-hydrogen) atoms. The Balaban J connectivity index is 1.48. The van der Waals surface area contributed by atoms with Crippen LogP contribution in [0.1, 0.15) is 79.5 Å². The molecule has 1 aliphatic heterocycles. The lowest BCUT2D eigenvalue weighted by Crippen LogP contribution is -2.49. The number of thiophene rings is 1. The van der Waals surface area contributed by atoms with Crippen LogP contribution in [0.3, 0.4) is 0 Å². The minimum absolute atomic E-state index is 0.130. The molecule has 0 saturated carbocycles. The van der Waals surface area contributed by atoms with E-state index in [2.05, 4.69) is 35.2 Å². The first kappa shape index (κ1) is 31.7. The number of rotatable bonds is 7. The number of amides is 2. The number of halogens is 1. The standard InChI is InChI=1S/C32H39ClN6O4S/c1-18-13-28(44-22(18)5)26-16-39(36-35-26)25-14-27(38(15-25)31(41)43-32(6,7)8)30(40)37(17-29-34-19(2)21(4)42-29)20(3)23-9-11-24(33)12-10-23/h9-13,16,20,25,27H,14-15,17H2,1-8H3/t20?,25?,27-/m0/s1. The molecule has 2 amide bonds. The van der Waals surface area contributed by atoms with Crippen molar-refractivity contribution in [2.75, 3.05) is 6.54 Å². The minimum atomic E-state index is -0.805. The Labute approximate surface area is 267 Å². The highest BCUT2D eigenvalue weighted by atomic mass is 35.5. The molecular weight excluding hydrogens is 600 g/mol. The summed E-state index contributed by atoms with van der Waals surface area (Å²) < 4.78 is 13.4. The fourth-order valence-corrected chi connectivity index (χ4v) is 6.41. The Morgan fingerprint density at radius 2 is 1.89 bits per heavy atom. The first-order valence-electron chi connectivity index (χ1n) is 14.7. The molecule has 1 fully saturated rings. The number of likely N-dealkylation sites (tertiary alicyclic amines) is 1. The summed E-state index contributed by atoms with van der Waals surface area (Å²) in [7, 11) is 0. The van der Waals surface area contributed by atoms with Crippen LogP contribution in [-0.4, -0.2) is 60.0 Å². The second kappa shape index (κ2) is 12.4. The van der Waals surface area contributed by atoms with Gasteiger partial charge in [0.1, 0.15) is 23.1 Å². The van der Waals surface area contributed by atoms with E-state index >= 15 is 0 Å². The van der Waals surface area contributed by atoms with Crippen LogP contribution in [-0.2, 0) is 16.1 Å². The quantitative estimate of drug-likeness (QED) is 0.210. The predicted octanol–water partition coefficient (Wildman–Crippen LogP) is 7.22. The Kier molecular flexibility index (Phi) is 8.91. The molecule has 2 unspecified atom stereocenters. The molecule has 10 nitrogen and oxygen atoms in total. The van der Waals surface area contributed by atoms with E-state index in [1.54, 1.807) is 33.1 Å². The second-order valence-corrected chi connectivity index (χ2v) is 14.1. The second-order valence-electron chi connectivity index (χ2n) is 12.4. The lowest BCUT2D eigenvalue weighted by atomic mass is 10.0. The molecule has 3 aromatic heterocycles. The van der Waals surface area contributed by atoms with Gasteiger partial charge in [0.15, 0.2) is 0 Å². The highest BCUT2D eigenvalue weighted by Gasteiger charge is 2.45. The van der Waals surface area contributed by atoms with Crippen LogP contribution in [0.4, 0.5) is 4.79 Å². The third-order valence-corrected chi connectivity index (χ3v) is 9.40. The van der Waals surface area contributed by atoms with E-state index in [9.17, 15) is 9.59 Å². The van der Waals surface area contributed by atoms with Gasteiger partial charge in [-0.3, -0.25) is 9.69 Å². The molecule has 0 aliphatic carbocycles. The molecule has 0 bridgehead atoms. The summed E-state index contributed by atoms with van der Waals surface area (Å²) in [6.07, 6.45) is 1.68. The number of benzene rings is 1. The summed E-state index contributed by atoms with van der Waals surface area (Å²) in [6, 6.07) is 8.04. The highest BCUT2D eigenvalue weighted by Crippen LogP contribution is 2.35. The van der Waals surface area contributed by atoms with E-state index < -0.39 is 17.7 Å². The maximum Gasteiger partial charge on any atom is 0.411 e. The van der Waals surface area contributed by atoms with Crippen molar-refractivity contribution in [1.29, 1.82) is 0 Å². The van der Waals surface area contributed by atoms with Gasteiger partial charge in [0.05, 0.1) is 35.4 Å². The van der Waals surface area contributed by atoms with Gasteiger partial charge in [-0.1, -0.05) is 28.9 Å². The summed E-state index contributed by atoms with van der Waals surface area (Å²) in [5, 5.41) is 9.45. The van der Waals surface area contributed by atoms with E-state index in [0.29, 0.717) is 23.1 Å². The number of hydrogen-bond acceptors (Lipinski definition) is 8. The van der Waals surface area contributed by atoms with Gasteiger partial charge in [-0.05, 0) is 84.7 Å². The molecule has 1 saturated heterocycles. The van der Waals surface area contributed by atoms with Crippen LogP contribution < -0.4 is 0 Å². The molecule has 12 heteroatoms. The molecule has 3 atom stereocenters. The zero-order valence-corrected chi connectivity index (χ0v) is 28.0. The molecule has 0 spiro atoms. The largest absolute Gasteiger partial charge is 0.444 e. The number of aromatic nitrogens is 4. The molecule has 5 rings (SSSR count). The van der Waals surface area contributed by atoms with Crippen LogP contribution in [0.5, 0.6) is 0 Å². The predicted molar refractivity (Wildman–Crippen MR) is 170 cm³/mol. The van der Waals surface area contributed by atoms with Crippen LogP contribution >= 0.6 is 22.9 Å². The molecule has 4 aromatic rings. The summed E-state index contributed by atoms with van der Waals surface area (Å²) in [4.78, 5) is 38.2. The number of carbonyl (C=O) groups excluding carboxylic acids is 2. The van der Waals surface area contributed by atoms with E-state index in [1.807, 2.05) is 59.9 Å². The van der Waals surface area contributed by atoms with Crippen molar-refractivity contribution in [1.82, 2.24) is 29.8 Å². The van der Waals surface area contributed by atoms with Crippen LogP contribution in [0, 0.1) is 27.7 Å². The van der Waals surface area contributed by atoms with Gasteiger partial charge < -0.3 is 14.1 Å². The highest BCUT2D eigenvalue weighted by molar-refractivity contribution is 7.15. The fourth-order valence-electron chi connectivity index (χ4n) is 5.30. The van der Waals surface area contributed by atoms with Crippen molar-refractivity contribution in [3.05, 3.63) is 74.9 Å². The van der Waals surface area contributed by atoms with Crippen molar-refractivity contribution >= 4 is 34.9 Å². The minimum Gasteiger partial charge on any atom is -0.444 e. The van der Waals surface area contributed by atoms with E-state index in [0.717, 1.165) is 21.8 Å². The fraction of sp³-hybridized carbons (Fsp3) is 0.469. The van der Waals surface area contributed by atoms with E-state index in [-0.39, 0.29) is 31.1 Å². The zero-order valence-electron chi connectivity index (χ0n) is 26.4. The van der Waals surface area contributed by atoms with Crippen molar-refractivity contribution in [3.8, 4) is 10.6 Å². The molecule has 0 N–H and O–H groups in total. The maximum absolute atomic E-state index is 14.6. The van der Waals surface area contributed by atoms with Gasteiger partial charge in [-0.2, -0.15) is 0 Å². The van der Waals surface area contributed by atoms with E-state index in [1.165, 1.54) is 15.3 Å². The molecule has 1 aliphatic rings. The maximum atomic E-state index is 14.6. The number of nitrogens with zero attached hydrogens (tertiary/aromatic N) is 6.